The van der Waals surface area contributed by atoms with Crippen LogP contribution >= 0.6 is 15.9 Å². The summed E-state index contributed by atoms with van der Waals surface area (Å²) in [5.74, 6) is 0.867. The first-order valence-corrected chi connectivity index (χ1v) is 10.1. The number of halogens is 1. The number of hydrogen-bond donors (Lipinski definition) is 1. The molecule has 0 atom stereocenters. The van der Waals surface area contributed by atoms with Crippen molar-refractivity contribution in [1.29, 1.82) is 0 Å². The Labute approximate surface area is 177 Å². The molecule has 1 amide bonds. The Morgan fingerprint density at radius 1 is 1.07 bits per heavy atom. The van der Waals surface area contributed by atoms with E-state index in [2.05, 4.69) is 57.5 Å². The lowest BCUT2D eigenvalue weighted by Gasteiger charge is -2.07. The lowest BCUT2D eigenvalue weighted by molar-refractivity contribution is -0.118. The second-order valence-electron chi connectivity index (χ2n) is 6.85. The van der Waals surface area contributed by atoms with Gasteiger partial charge in [-0.25, -0.2) is 0 Å². The number of ether oxygens (including phenoxy) is 1. The van der Waals surface area contributed by atoms with Gasteiger partial charge in [0.15, 0.2) is 12.4 Å². The first kappa shape index (κ1) is 19.2. The Morgan fingerprint density at radius 3 is 2.62 bits per heavy atom. The van der Waals surface area contributed by atoms with Crippen molar-refractivity contribution in [2.45, 2.75) is 13.5 Å². The highest BCUT2D eigenvalue weighted by molar-refractivity contribution is 9.10. The van der Waals surface area contributed by atoms with E-state index < -0.39 is 0 Å². The summed E-state index contributed by atoms with van der Waals surface area (Å²) in [6.07, 6.45) is 1.85. The van der Waals surface area contributed by atoms with Crippen LogP contribution in [0.1, 0.15) is 11.1 Å². The van der Waals surface area contributed by atoms with Gasteiger partial charge in [-0.1, -0.05) is 60.2 Å². The lowest BCUT2D eigenvalue weighted by atomic mass is 10.1. The third-order valence-corrected chi connectivity index (χ3v) is 5.11. The quantitative estimate of drug-likeness (QED) is 0.441. The maximum absolute atomic E-state index is 12.3. The fourth-order valence-corrected chi connectivity index (χ4v) is 3.43. The summed E-state index contributed by atoms with van der Waals surface area (Å²) in [5, 5.41) is 9.44. The van der Waals surface area contributed by atoms with Crippen molar-refractivity contribution in [2.24, 2.45) is 0 Å². The molecule has 0 aliphatic heterocycles. The average Bonchev–Trinajstić information content (AvgIpc) is 3.06. The number of rotatable bonds is 6. The lowest BCUT2D eigenvalue weighted by Crippen LogP contribution is -2.20. The largest absolute Gasteiger partial charge is 0.484 e. The highest BCUT2D eigenvalue weighted by atomic mass is 79.9. The zero-order chi connectivity index (χ0) is 20.2. The summed E-state index contributed by atoms with van der Waals surface area (Å²) >= 11 is 3.45. The van der Waals surface area contributed by atoms with Gasteiger partial charge in [0.05, 0.1) is 11.0 Å². The van der Waals surface area contributed by atoms with Crippen LogP contribution in [0.3, 0.4) is 0 Å². The highest BCUT2D eigenvalue weighted by Gasteiger charge is 2.11. The molecule has 0 aliphatic rings. The van der Waals surface area contributed by atoms with Gasteiger partial charge >= 0.3 is 0 Å². The van der Waals surface area contributed by atoms with Gasteiger partial charge in [0.1, 0.15) is 5.75 Å². The third-order valence-electron chi connectivity index (χ3n) is 4.53. The van der Waals surface area contributed by atoms with E-state index in [1.54, 1.807) is 4.68 Å². The van der Waals surface area contributed by atoms with Crippen molar-refractivity contribution in [3.05, 3.63) is 88.5 Å². The molecule has 0 radical (unpaired) electrons. The molecule has 4 rings (SSSR count). The molecule has 4 aromatic rings. The Hall–Kier alpha value is -3.12. The zero-order valence-electron chi connectivity index (χ0n) is 15.9. The summed E-state index contributed by atoms with van der Waals surface area (Å²) in [4.78, 5) is 12.3. The number of nitrogens with one attached hydrogen (secondary N) is 1. The van der Waals surface area contributed by atoms with Crippen molar-refractivity contribution < 1.29 is 9.53 Å². The molecule has 3 aromatic carbocycles. The fourth-order valence-electron chi connectivity index (χ4n) is 3.02. The van der Waals surface area contributed by atoms with Crippen LogP contribution in [0, 0.1) is 6.92 Å². The van der Waals surface area contributed by atoms with Crippen molar-refractivity contribution >= 4 is 38.4 Å². The van der Waals surface area contributed by atoms with Crippen molar-refractivity contribution in [1.82, 2.24) is 9.78 Å². The van der Waals surface area contributed by atoms with Gasteiger partial charge in [-0.2, -0.15) is 5.10 Å². The standard InChI is InChI=1S/C23H20BrN3O2/c1-16-6-8-17(9-7-16)13-27-14-21(24)23(26-27)25-22(28)15-29-20-11-10-18-4-2-3-5-19(18)12-20/h2-12,14H,13,15H2,1H3,(H,25,26,28). The number of hydrogen-bond acceptors (Lipinski definition) is 3. The summed E-state index contributed by atoms with van der Waals surface area (Å²) in [5.41, 5.74) is 2.36. The number of anilines is 1. The van der Waals surface area contributed by atoms with Crippen molar-refractivity contribution in [2.75, 3.05) is 11.9 Å². The van der Waals surface area contributed by atoms with Crippen molar-refractivity contribution in [3.63, 3.8) is 0 Å². The molecule has 0 spiro atoms. The number of aryl methyl sites for hydroxylation is 1. The van der Waals surface area contributed by atoms with E-state index in [9.17, 15) is 4.79 Å². The first-order chi connectivity index (χ1) is 14.1. The SMILES string of the molecule is Cc1ccc(Cn2cc(Br)c(NC(=O)COc3ccc4ccccc4c3)n2)cc1. The van der Waals surface area contributed by atoms with Gasteiger partial charge in [-0.3, -0.25) is 9.48 Å². The minimum atomic E-state index is -0.264. The fraction of sp³-hybridized carbons (Fsp3) is 0.130. The molecule has 1 heterocycles. The summed E-state index contributed by atoms with van der Waals surface area (Å²) in [6, 6.07) is 22.1. The second kappa shape index (κ2) is 8.49. The smallest absolute Gasteiger partial charge is 0.263 e. The number of fused-ring (bicyclic) bond motifs is 1. The number of carbonyl (C=O) groups excluding carboxylic acids is 1. The normalized spacial score (nSPS) is 10.8. The maximum atomic E-state index is 12.3. The Balaban J connectivity index is 1.36. The number of carbonyl (C=O) groups is 1. The first-order valence-electron chi connectivity index (χ1n) is 9.27. The van der Waals surface area contributed by atoms with Crippen LogP contribution in [0.5, 0.6) is 5.75 Å². The number of nitrogens with zero attached hydrogens (tertiary/aromatic N) is 2. The Bertz CT molecular complexity index is 1150. The topological polar surface area (TPSA) is 56.2 Å². The molecular formula is C23H20BrN3O2. The minimum Gasteiger partial charge on any atom is -0.484 e. The van der Waals surface area contributed by atoms with Crippen LogP contribution in [-0.2, 0) is 11.3 Å². The molecule has 1 aromatic heterocycles. The highest BCUT2D eigenvalue weighted by Crippen LogP contribution is 2.22. The molecule has 0 fully saturated rings. The predicted molar refractivity (Wildman–Crippen MR) is 118 cm³/mol. The molecule has 0 unspecified atom stereocenters. The van der Waals surface area contributed by atoms with E-state index in [-0.39, 0.29) is 12.5 Å². The molecule has 1 N–H and O–H groups in total. The van der Waals surface area contributed by atoms with Gasteiger partial charge in [0, 0.05) is 6.20 Å². The van der Waals surface area contributed by atoms with Gasteiger partial charge in [0.25, 0.3) is 5.91 Å². The molecular weight excluding hydrogens is 430 g/mol. The van der Waals surface area contributed by atoms with Crippen LogP contribution in [0.4, 0.5) is 5.82 Å². The average molecular weight is 450 g/mol. The van der Waals surface area contributed by atoms with Crippen LogP contribution in [0.15, 0.2) is 77.4 Å². The summed E-state index contributed by atoms with van der Waals surface area (Å²) < 4.78 is 8.15. The number of benzene rings is 3. The van der Waals surface area contributed by atoms with Gasteiger partial charge in [-0.05, 0) is 51.3 Å². The van der Waals surface area contributed by atoms with Gasteiger partial charge in [0.2, 0.25) is 0 Å². The minimum absolute atomic E-state index is 0.0877. The Morgan fingerprint density at radius 2 is 1.83 bits per heavy atom. The molecule has 0 aliphatic carbocycles. The maximum Gasteiger partial charge on any atom is 0.263 e. The number of amides is 1. The monoisotopic (exact) mass is 449 g/mol. The Kier molecular flexibility index (Phi) is 5.62. The van der Waals surface area contributed by atoms with E-state index >= 15 is 0 Å². The van der Waals surface area contributed by atoms with E-state index in [1.807, 2.05) is 48.7 Å². The molecule has 0 saturated heterocycles. The second-order valence-corrected chi connectivity index (χ2v) is 7.71. The number of aromatic nitrogens is 2. The van der Waals surface area contributed by atoms with Crippen LogP contribution < -0.4 is 10.1 Å². The third kappa shape index (κ3) is 4.84. The molecule has 0 bridgehead atoms. The van der Waals surface area contributed by atoms with E-state index in [0.29, 0.717) is 18.1 Å². The van der Waals surface area contributed by atoms with E-state index in [1.165, 1.54) is 5.56 Å². The van der Waals surface area contributed by atoms with Crippen molar-refractivity contribution in [3.8, 4) is 5.75 Å². The van der Waals surface area contributed by atoms with E-state index in [0.717, 1.165) is 20.8 Å². The van der Waals surface area contributed by atoms with Crippen LogP contribution in [0.2, 0.25) is 0 Å². The predicted octanol–water partition coefficient (Wildman–Crippen LogP) is 5.17. The van der Waals surface area contributed by atoms with Crippen LogP contribution in [0.25, 0.3) is 10.8 Å². The molecule has 146 valence electrons. The van der Waals surface area contributed by atoms with Gasteiger partial charge in [-0.15, -0.1) is 0 Å². The molecule has 0 saturated carbocycles. The van der Waals surface area contributed by atoms with Gasteiger partial charge < -0.3 is 10.1 Å². The molecule has 5 nitrogen and oxygen atoms in total. The summed E-state index contributed by atoms with van der Waals surface area (Å²) in [6.45, 7) is 2.60. The van der Waals surface area contributed by atoms with E-state index in [4.69, 9.17) is 4.74 Å². The molecule has 29 heavy (non-hydrogen) atoms. The summed E-state index contributed by atoms with van der Waals surface area (Å²) in [7, 11) is 0. The molecule has 6 heteroatoms. The zero-order valence-corrected chi connectivity index (χ0v) is 17.5. The van der Waals surface area contributed by atoms with Crippen LogP contribution in [-0.4, -0.2) is 22.3 Å².